The monoisotopic (exact) mass is 303 g/mol. The van der Waals surface area contributed by atoms with Crippen LogP contribution in [-0.2, 0) is 14.3 Å². The lowest BCUT2D eigenvalue weighted by Crippen LogP contribution is -2.37. The van der Waals surface area contributed by atoms with E-state index in [4.69, 9.17) is 4.74 Å². The number of nitrogens with one attached hydrogen (secondary N) is 1. The maximum atomic E-state index is 12.1. The number of methoxy groups -OCH3 is 1. The molecule has 5 heteroatoms. The van der Waals surface area contributed by atoms with Gasteiger partial charge in [-0.15, -0.1) is 0 Å². The number of Topliss-reactive ketones (excluding diaryl/α,β-unsaturated/α-hetero) is 1. The van der Waals surface area contributed by atoms with E-state index in [1.807, 2.05) is 6.07 Å². The minimum atomic E-state index is -0.196. The minimum absolute atomic E-state index is 0.0137. The van der Waals surface area contributed by atoms with Gasteiger partial charge in [0.15, 0.2) is 5.78 Å². The first-order valence-corrected chi connectivity index (χ1v) is 7.55. The second-order valence-corrected chi connectivity index (χ2v) is 5.58. The van der Waals surface area contributed by atoms with Crippen molar-refractivity contribution in [3.63, 3.8) is 0 Å². The number of carbonyl (C=O) groups excluding carboxylic acids is 3. The zero-order chi connectivity index (χ0) is 15.9. The van der Waals surface area contributed by atoms with E-state index in [2.05, 4.69) is 5.32 Å². The summed E-state index contributed by atoms with van der Waals surface area (Å²) in [4.78, 5) is 35.5. The third-order valence-electron chi connectivity index (χ3n) is 4.15. The maximum Gasteiger partial charge on any atom is 0.308 e. The van der Waals surface area contributed by atoms with Crippen LogP contribution in [-0.4, -0.2) is 31.3 Å². The number of rotatable bonds is 5. The predicted molar refractivity (Wildman–Crippen MR) is 81.2 cm³/mol. The largest absolute Gasteiger partial charge is 0.469 e. The number of ether oxygens (including phenoxy) is 1. The van der Waals surface area contributed by atoms with Crippen molar-refractivity contribution in [1.29, 1.82) is 0 Å². The quantitative estimate of drug-likeness (QED) is 0.667. The smallest absolute Gasteiger partial charge is 0.308 e. The average molecular weight is 303 g/mol. The molecule has 1 aliphatic carbocycles. The molecule has 1 aromatic rings. The normalized spacial score (nSPS) is 21.0. The SMILES string of the molecule is COC(=O)[C@H]1CC[C@H](C(=O)NCC(=O)c2ccccc2)CC1. The molecule has 0 radical (unpaired) electrons. The highest BCUT2D eigenvalue weighted by Gasteiger charge is 2.30. The molecule has 1 aliphatic rings. The summed E-state index contributed by atoms with van der Waals surface area (Å²) >= 11 is 0. The van der Waals surface area contributed by atoms with E-state index < -0.39 is 0 Å². The van der Waals surface area contributed by atoms with Crippen molar-refractivity contribution >= 4 is 17.7 Å². The van der Waals surface area contributed by atoms with Gasteiger partial charge in [-0.3, -0.25) is 14.4 Å². The van der Waals surface area contributed by atoms with E-state index in [0.717, 1.165) is 0 Å². The van der Waals surface area contributed by atoms with Crippen LogP contribution in [0.4, 0.5) is 0 Å². The van der Waals surface area contributed by atoms with Gasteiger partial charge in [0.1, 0.15) is 0 Å². The van der Waals surface area contributed by atoms with Crippen molar-refractivity contribution in [2.45, 2.75) is 25.7 Å². The molecule has 0 heterocycles. The van der Waals surface area contributed by atoms with Crippen LogP contribution in [0, 0.1) is 11.8 Å². The molecule has 0 bridgehead atoms. The first-order valence-electron chi connectivity index (χ1n) is 7.55. The number of esters is 1. The van der Waals surface area contributed by atoms with Crippen molar-refractivity contribution in [2.24, 2.45) is 11.8 Å². The van der Waals surface area contributed by atoms with Crippen LogP contribution in [0.25, 0.3) is 0 Å². The third-order valence-corrected chi connectivity index (χ3v) is 4.15. The molecule has 1 aromatic carbocycles. The Bertz CT molecular complexity index is 533. The van der Waals surface area contributed by atoms with Crippen molar-refractivity contribution in [3.8, 4) is 0 Å². The van der Waals surface area contributed by atoms with E-state index in [-0.39, 0.29) is 36.0 Å². The van der Waals surface area contributed by atoms with Crippen LogP contribution < -0.4 is 5.32 Å². The molecule has 118 valence electrons. The molecular formula is C17H21NO4. The fraction of sp³-hybridized carbons (Fsp3) is 0.471. The van der Waals surface area contributed by atoms with Crippen molar-refractivity contribution in [2.75, 3.05) is 13.7 Å². The Kier molecular flexibility index (Phi) is 5.69. The van der Waals surface area contributed by atoms with E-state index >= 15 is 0 Å². The van der Waals surface area contributed by atoms with Gasteiger partial charge in [-0.1, -0.05) is 30.3 Å². The topological polar surface area (TPSA) is 72.5 Å². The van der Waals surface area contributed by atoms with Crippen LogP contribution >= 0.6 is 0 Å². The van der Waals surface area contributed by atoms with Gasteiger partial charge in [0.25, 0.3) is 0 Å². The molecular weight excluding hydrogens is 282 g/mol. The molecule has 0 spiro atoms. The van der Waals surface area contributed by atoms with Crippen LogP contribution in [0.2, 0.25) is 0 Å². The zero-order valence-electron chi connectivity index (χ0n) is 12.7. The van der Waals surface area contributed by atoms with Crippen LogP contribution in [0.15, 0.2) is 30.3 Å². The van der Waals surface area contributed by atoms with E-state index in [0.29, 0.717) is 31.2 Å². The summed E-state index contributed by atoms with van der Waals surface area (Å²) in [6.45, 7) is 0.0137. The predicted octanol–water partition coefficient (Wildman–Crippen LogP) is 1.96. The van der Waals surface area contributed by atoms with Gasteiger partial charge < -0.3 is 10.1 Å². The van der Waals surface area contributed by atoms with Crippen LogP contribution in [0.5, 0.6) is 0 Å². The van der Waals surface area contributed by atoms with Crippen LogP contribution in [0.1, 0.15) is 36.0 Å². The molecule has 22 heavy (non-hydrogen) atoms. The lowest BCUT2D eigenvalue weighted by atomic mass is 9.81. The summed E-state index contributed by atoms with van der Waals surface area (Å²) < 4.78 is 4.73. The second kappa shape index (κ2) is 7.73. The first kappa shape index (κ1) is 16.2. The van der Waals surface area contributed by atoms with Gasteiger partial charge in [-0.05, 0) is 25.7 Å². The van der Waals surface area contributed by atoms with E-state index in [1.54, 1.807) is 24.3 Å². The Morgan fingerprint density at radius 1 is 1.05 bits per heavy atom. The molecule has 1 saturated carbocycles. The summed E-state index contributed by atoms with van der Waals surface area (Å²) in [6, 6.07) is 8.90. The number of hydrogen-bond donors (Lipinski definition) is 1. The molecule has 0 unspecified atom stereocenters. The summed E-state index contributed by atoms with van der Waals surface area (Å²) in [7, 11) is 1.39. The second-order valence-electron chi connectivity index (χ2n) is 5.58. The summed E-state index contributed by atoms with van der Waals surface area (Å²) in [5.74, 6) is -0.618. The molecule has 0 aliphatic heterocycles. The lowest BCUT2D eigenvalue weighted by molar-refractivity contribution is -0.147. The highest BCUT2D eigenvalue weighted by Crippen LogP contribution is 2.29. The van der Waals surface area contributed by atoms with E-state index in [9.17, 15) is 14.4 Å². The Hall–Kier alpha value is -2.17. The number of hydrogen-bond acceptors (Lipinski definition) is 4. The molecule has 0 atom stereocenters. The van der Waals surface area contributed by atoms with Gasteiger partial charge in [0.05, 0.1) is 19.6 Å². The number of benzene rings is 1. The van der Waals surface area contributed by atoms with Gasteiger partial charge >= 0.3 is 5.97 Å². The molecule has 1 fully saturated rings. The fourth-order valence-electron chi connectivity index (χ4n) is 2.80. The highest BCUT2D eigenvalue weighted by atomic mass is 16.5. The molecule has 0 aromatic heterocycles. The maximum absolute atomic E-state index is 12.1. The van der Waals surface area contributed by atoms with Gasteiger partial charge in [-0.25, -0.2) is 0 Å². The summed E-state index contributed by atoms with van der Waals surface area (Å²) in [5, 5.41) is 2.70. The fourth-order valence-corrected chi connectivity index (χ4v) is 2.80. The van der Waals surface area contributed by atoms with Gasteiger partial charge in [-0.2, -0.15) is 0 Å². The van der Waals surface area contributed by atoms with Crippen LogP contribution in [0.3, 0.4) is 0 Å². The molecule has 0 saturated heterocycles. The summed E-state index contributed by atoms with van der Waals surface area (Å²) in [6.07, 6.45) is 2.64. The number of amides is 1. The Balaban J connectivity index is 1.77. The van der Waals surface area contributed by atoms with Crippen molar-refractivity contribution in [1.82, 2.24) is 5.32 Å². The molecule has 1 N–H and O–H groups in total. The van der Waals surface area contributed by atoms with E-state index in [1.165, 1.54) is 7.11 Å². The Labute approximate surface area is 130 Å². The molecule has 5 nitrogen and oxygen atoms in total. The highest BCUT2D eigenvalue weighted by molar-refractivity contribution is 5.99. The Morgan fingerprint density at radius 2 is 1.64 bits per heavy atom. The average Bonchev–Trinajstić information content (AvgIpc) is 2.59. The molecule has 1 amide bonds. The lowest BCUT2D eigenvalue weighted by Gasteiger charge is -2.25. The minimum Gasteiger partial charge on any atom is -0.469 e. The Morgan fingerprint density at radius 3 is 2.23 bits per heavy atom. The number of carbonyl (C=O) groups is 3. The van der Waals surface area contributed by atoms with Crippen molar-refractivity contribution in [3.05, 3.63) is 35.9 Å². The number of ketones is 1. The third kappa shape index (κ3) is 4.16. The molecule has 2 rings (SSSR count). The summed E-state index contributed by atoms with van der Waals surface area (Å²) in [5.41, 5.74) is 0.595. The van der Waals surface area contributed by atoms with Gasteiger partial charge in [0.2, 0.25) is 5.91 Å². The van der Waals surface area contributed by atoms with Gasteiger partial charge in [0, 0.05) is 11.5 Å². The zero-order valence-corrected chi connectivity index (χ0v) is 12.7. The van der Waals surface area contributed by atoms with Crippen molar-refractivity contribution < 1.29 is 19.1 Å². The first-order chi connectivity index (χ1) is 10.6. The standard InChI is InChI=1S/C17H21NO4/c1-22-17(21)14-9-7-13(8-10-14)16(20)18-11-15(19)12-5-3-2-4-6-12/h2-6,13-14H,7-11H2,1H3,(H,18,20)/t13-,14-.